The van der Waals surface area contributed by atoms with Crippen LogP contribution < -0.4 is 5.32 Å². The van der Waals surface area contributed by atoms with Crippen LogP contribution in [-0.4, -0.2) is 37.2 Å². The Balaban J connectivity index is 1.74. The van der Waals surface area contributed by atoms with Crippen molar-refractivity contribution in [1.29, 1.82) is 0 Å². The number of hydrogen-bond donors (Lipinski definition) is 1. The molecule has 1 aliphatic carbocycles. The van der Waals surface area contributed by atoms with Gasteiger partial charge in [0.2, 0.25) is 0 Å². The van der Waals surface area contributed by atoms with Gasteiger partial charge in [0.15, 0.2) is 0 Å². The van der Waals surface area contributed by atoms with Gasteiger partial charge in [-0.05, 0) is 36.5 Å². The smallest absolute Gasteiger partial charge is 0.305 e. The molecule has 0 radical (unpaired) electrons. The summed E-state index contributed by atoms with van der Waals surface area (Å²) in [6.07, 6.45) is 1.71. The number of nitrogens with one attached hydrogen (secondary N) is 1. The summed E-state index contributed by atoms with van der Waals surface area (Å²) in [4.78, 5) is 24.4. The Labute approximate surface area is 141 Å². The van der Waals surface area contributed by atoms with Crippen molar-refractivity contribution in [3.05, 3.63) is 41.0 Å². The molecule has 4 rings (SSSR count). The molecule has 24 heavy (non-hydrogen) atoms. The third-order valence-electron chi connectivity index (χ3n) is 5.30. The van der Waals surface area contributed by atoms with Crippen LogP contribution in [0.15, 0.2) is 29.8 Å². The summed E-state index contributed by atoms with van der Waals surface area (Å²) in [5.41, 5.74) is 3.47. The van der Waals surface area contributed by atoms with Crippen LogP contribution in [0.3, 0.4) is 0 Å². The van der Waals surface area contributed by atoms with Gasteiger partial charge in [-0.15, -0.1) is 0 Å². The van der Waals surface area contributed by atoms with E-state index in [4.69, 9.17) is 9.47 Å². The normalized spacial score (nSPS) is 27.4. The fraction of sp³-hybridized carbons (Fsp3) is 0.474. The van der Waals surface area contributed by atoms with E-state index < -0.39 is 5.60 Å². The molecule has 2 heterocycles. The molecule has 0 spiro atoms. The van der Waals surface area contributed by atoms with Crippen LogP contribution >= 0.6 is 0 Å². The lowest BCUT2D eigenvalue weighted by Gasteiger charge is -2.44. The van der Waals surface area contributed by atoms with Crippen molar-refractivity contribution in [2.45, 2.75) is 37.7 Å². The highest BCUT2D eigenvalue weighted by atomic mass is 16.5. The van der Waals surface area contributed by atoms with Gasteiger partial charge in [0.05, 0.1) is 13.2 Å². The Bertz CT molecular complexity index is 739. The molecule has 1 amide bonds. The minimum Gasteiger partial charge on any atom is -0.466 e. The molecule has 5 nitrogen and oxygen atoms in total. The molecule has 2 atom stereocenters. The fourth-order valence-electron chi connectivity index (χ4n) is 4.33. The summed E-state index contributed by atoms with van der Waals surface area (Å²) in [7, 11) is 0. The third-order valence-corrected chi connectivity index (χ3v) is 5.30. The molecule has 0 saturated carbocycles. The summed E-state index contributed by atoms with van der Waals surface area (Å²) in [5.74, 6) is -0.0254. The van der Waals surface area contributed by atoms with Gasteiger partial charge in [-0.3, -0.25) is 9.59 Å². The van der Waals surface area contributed by atoms with Crippen molar-refractivity contribution in [3.63, 3.8) is 0 Å². The van der Waals surface area contributed by atoms with Gasteiger partial charge in [0, 0.05) is 24.5 Å². The van der Waals surface area contributed by atoms with Crippen molar-refractivity contribution in [3.8, 4) is 0 Å². The highest BCUT2D eigenvalue weighted by Crippen LogP contribution is 2.54. The number of carbonyl (C=O) groups excluding carboxylic acids is 2. The van der Waals surface area contributed by atoms with Crippen LogP contribution in [-0.2, 0) is 19.1 Å². The predicted molar refractivity (Wildman–Crippen MR) is 88.3 cm³/mol. The van der Waals surface area contributed by atoms with Crippen LogP contribution in [0.4, 0.5) is 0 Å². The molecular formula is C19H21NO4. The molecule has 1 N–H and O–H groups in total. The van der Waals surface area contributed by atoms with Gasteiger partial charge in [-0.25, -0.2) is 0 Å². The van der Waals surface area contributed by atoms with Crippen LogP contribution in [0.2, 0.25) is 0 Å². The third kappa shape index (κ3) is 2.18. The van der Waals surface area contributed by atoms with Crippen molar-refractivity contribution in [2.75, 3.05) is 19.8 Å². The highest BCUT2D eigenvalue weighted by Gasteiger charge is 2.52. The summed E-state index contributed by atoms with van der Waals surface area (Å²) < 4.78 is 11.2. The largest absolute Gasteiger partial charge is 0.466 e. The van der Waals surface area contributed by atoms with Crippen molar-refractivity contribution < 1.29 is 19.1 Å². The monoisotopic (exact) mass is 327 g/mol. The van der Waals surface area contributed by atoms with Crippen LogP contribution in [0.25, 0.3) is 5.57 Å². The first-order valence-electron chi connectivity index (χ1n) is 8.58. The van der Waals surface area contributed by atoms with E-state index in [1.54, 1.807) is 6.92 Å². The molecule has 1 aromatic carbocycles. The average molecular weight is 327 g/mol. The summed E-state index contributed by atoms with van der Waals surface area (Å²) in [5, 5.41) is 2.97. The van der Waals surface area contributed by atoms with Crippen LogP contribution in [0, 0.1) is 0 Å². The Morgan fingerprint density at radius 1 is 1.42 bits per heavy atom. The Morgan fingerprint density at radius 3 is 3.08 bits per heavy atom. The van der Waals surface area contributed by atoms with E-state index in [0.29, 0.717) is 32.6 Å². The first-order valence-corrected chi connectivity index (χ1v) is 8.58. The summed E-state index contributed by atoms with van der Waals surface area (Å²) in [6, 6.07) is 8.10. The SMILES string of the molecule is CCOC(=O)CCC12CNC(=O)C3=C1C(CCO2)c1ccccc13. The first-order chi connectivity index (χ1) is 11.7. The molecule has 3 aliphatic rings. The lowest BCUT2D eigenvalue weighted by atomic mass is 9.75. The second-order valence-corrected chi connectivity index (χ2v) is 6.55. The second-order valence-electron chi connectivity index (χ2n) is 6.55. The zero-order valence-electron chi connectivity index (χ0n) is 13.8. The van der Waals surface area contributed by atoms with Gasteiger partial charge in [0.25, 0.3) is 5.91 Å². The summed E-state index contributed by atoms with van der Waals surface area (Å²) in [6.45, 7) is 3.24. The minimum atomic E-state index is -0.585. The van der Waals surface area contributed by atoms with E-state index >= 15 is 0 Å². The van der Waals surface area contributed by atoms with E-state index in [1.165, 1.54) is 5.56 Å². The number of ether oxygens (including phenoxy) is 2. The van der Waals surface area contributed by atoms with Gasteiger partial charge >= 0.3 is 5.97 Å². The molecule has 0 bridgehead atoms. The Morgan fingerprint density at radius 2 is 2.25 bits per heavy atom. The maximum Gasteiger partial charge on any atom is 0.305 e. The van der Waals surface area contributed by atoms with E-state index in [0.717, 1.165) is 23.1 Å². The number of fused-ring (bicyclic) bond motifs is 3. The molecule has 1 fully saturated rings. The van der Waals surface area contributed by atoms with Crippen molar-refractivity contribution in [1.82, 2.24) is 5.32 Å². The zero-order chi connectivity index (χ0) is 16.7. The standard InChI is InChI=1S/C19H21NO4/c1-2-23-15(21)7-9-19-11-20-18(22)16-13-6-4-3-5-12(13)14(17(16)19)8-10-24-19/h3-6,14H,2,7-11H2,1H3,(H,20,22). The zero-order valence-corrected chi connectivity index (χ0v) is 13.8. The highest BCUT2D eigenvalue weighted by molar-refractivity contribution is 6.23. The predicted octanol–water partition coefficient (Wildman–Crippen LogP) is 2.17. The van der Waals surface area contributed by atoms with E-state index in [1.807, 2.05) is 18.2 Å². The lowest BCUT2D eigenvalue weighted by molar-refractivity contribution is -0.145. The quantitative estimate of drug-likeness (QED) is 0.861. The molecule has 1 aromatic rings. The van der Waals surface area contributed by atoms with Crippen molar-refractivity contribution in [2.24, 2.45) is 0 Å². The van der Waals surface area contributed by atoms with Gasteiger partial charge in [-0.1, -0.05) is 24.3 Å². The fourth-order valence-corrected chi connectivity index (χ4v) is 4.33. The van der Waals surface area contributed by atoms with Crippen LogP contribution in [0.1, 0.15) is 43.2 Å². The molecule has 1 saturated heterocycles. The van der Waals surface area contributed by atoms with E-state index in [-0.39, 0.29) is 17.8 Å². The number of esters is 1. The number of hydrogen-bond acceptors (Lipinski definition) is 4. The Kier molecular flexibility index (Phi) is 3.68. The molecule has 5 heteroatoms. The number of carbonyl (C=O) groups is 2. The molecule has 0 aromatic heterocycles. The summed E-state index contributed by atoms with van der Waals surface area (Å²) >= 11 is 0. The number of benzene rings is 1. The maximum absolute atomic E-state index is 12.5. The van der Waals surface area contributed by atoms with E-state index in [2.05, 4.69) is 11.4 Å². The molecule has 2 aliphatic heterocycles. The molecule has 126 valence electrons. The number of amides is 1. The topological polar surface area (TPSA) is 64.6 Å². The van der Waals surface area contributed by atoms with Gasteiger partial charge in [0.1, 0.15) is 5.60 Å². The first kappa shape index (κ1) is 15.4. The van der Waals surface area contributed by atoms with Gasteiger partial charge < -0.3 is 14.8 Å². The Hall–Kier alpha value is -2.14. The van der Waals surface area contributed by atoms with Gasteiger partial charge in [-0.2, -0.15) is 0 Å². The van der Waals surface area contributed by atoms with Crippen molar-refractivity contribution >= 4 is 17.4 Å². The molecule has 2 unspecified atom stereocenters. The maximum atomic E-state index is 12.5. The van der Waals surface area contributed by atoms with Crippen LogP contribution in [0.5, 0.6) is 0 Å². The lowest BCUT2D eigenvalue weighted by Crippen LogP contribution is -2.54. The average Bonchev–Trinajstić information content (AvgIpc) is 2.94. The minimum absolute atomic E-state index is 0.0304. The molecular weight excluding hydrogens is 306 g/mol. The van der Waals surface area contributed by atoms with E-state index in [9.17, 15) is 9.59 Å². The number of rotatable bonds is 4. The second kappa shape index (κ2) is 5.74.